The third-order valence-electron chi connectivity index (χ3n) is 6.26. The van der Waals surface area contributed by atoms with Crippen LogP contribution in [0.25, 0.3) is 22.2 Å². The van der Waals surface area contributed by atoms with E-state index in [1.54, 1.807) is 12.1 Å². The van der Waals surface area contributed by atoms with Crippen LogP contribution in [0, 0.1) is 12.7 Å². The summed E-state index contributed by atoms with van der Waals surface area (Å²) in [5.74, 6) is 0.425. The van der Waals surface area contributed by atoms with Crippen LogP contribution < -0.4 is 4.74 Å². The summed E-state index contributed by atoms with van der Waals surface area (Å²) in [5.41, 5.74) is 4.20. The number of halogens is 1. The molecule has 150 valence electrons. The van der Waals surface area contributed by atoms with Crippen molar-refractivity contribution in [2.75, 3.05) is 13.2 Å². The normalized spacial score (nSPS) is 17.9. The van der Waals surface area contributed by atoms with Crippen LogP contribution in [0.1, 0.15) is 36.8 Å². The second-order valence-corrected chi connectivity index (χ2v) is 8.23. The molecule has 2 aromatic carbocycles. The Bertz CT molecular complexity index is 1080. The molecule has 2 aliphatic rings. The highest BCUT2D eigenvalue weighted by molar-refractivity contribution is 5.85. The molecule has 1 aromatic heterocycles. The second kappa shape index (κ2) is 7.30. The Balaban J connectivity index is 1.57. The highest BCUT2D eigenvalue weighted by atomic mass is 19.1. The van der Waals surface area contributed by atoms with Gasteiger partial charge in [0.25, 0.3) is 0 Å². The number of pyridine rings is 1. The van der Waals surface area contributed by atoms with Crippen LogP contribution in [0.2, 0.25) is 0 Å². The zero-order valence-corrected chi connectivity index (χ0v) is 16.6. The monoisotopic (exact) mass is 392 g/mol. The van der Waals surface area contributed by atoms with E-state index < -0.39 is 0 Å². The number of ether oxygens (including phenoxy) is 1. The smallest absolute Gasteiger partial charge is 0.165 e. The Morgan fingerprint density at radius 2 is 1.97 bits per heavy atom. The number of rotatable bonds is 2. The third kappa shape index (κ3) is 3.44. The maximum atomic E-state index is 13.7. The van der Waals surface area contributed by atoms with Crippen LogP contribution in [-0.2, 0) is 6.54 Å². The summed E-state index contributed by atoms with van der Waals surface area (Å²) in [6, 6.07) is 11.0. The Labute approximate surface area is 169 Å². The van der Waals surface area contributed by atoms with E-state index in [4.69, 9.17) is 4.74 Å². The summed E-state index contributed by atoms with van der Waals surface area (Å²) in [4.78, 5) is 7.15. The van der Waals surface area contributed by atoms with Crippen molar-refractivity contribution in [2.45, 2.75) is 45.2 Å². The summed E-state index contributed by atoms with van der Waals surface area (Å²) in [7, 11) is 0. The molecule has 1 fully saturated rings. The van der Waals surface area contributed by atoms with E-state index in [-0.39, 0.29) is 11.6 Å². The quantitative estimate of drug-likeness (QED) is 0.652. The fourth-order valence-electron chi connectivity index (χ4n) is 4.77. The first-order chi connectivity index (χ1) is 14.1. The molecule has 0 unspecified atom stereocenters. The Morgan fingerprint density at radius 1 is 1.14 bits per heavy atom. The average Bonchev–Trinajstić information content (AvgIpc) is 3.14. The molecule has 0 spiro atoms. The number of fused-ring (bicyclic) bond motifs is 2. The molecule has 2 heterocycles. The summed E-state index contributed by atoms with van der Waals surface area (Å²) < 4.78 is 19.6. The summed E-state index contributed by atoms with van der Waals surface area (Å²) >= 11 is 0. The van der Waals surface area contributed by atoms with Gasteiger partial charge in [0.15, 0.2) is 11.5 Å². The van der Waals surface area contributed by atoms with E-state index in [1.807, 2.05) is 13.0 Å². The first-order valence-electron chi connectivity index (χ1n) is 10.4. The van der Waals surface area contributed by atoms with Crippen LogP contribution in [0.3, 0.4) is 0 Å². The fourth-order valence-corrected chi connectivity index (χ4v) is 4.77. The molecule has 1 aliphatic heterocycles. The highest BCUT2D eigenvalue weighted by Crippen LogP contribution is 2.39. The van der Waals surface area contributed by atoms with Crippen molar-refractivity contribution in [1.29, 1.82) is 0 Å². The number of aromatic hydroxyl groups is 1. The number of aryl methyl sites for hydroxylation is 1. The number of benzene rings is 2. The highest BCUT2D eigenvalue weighted by Gasteiger charge is 2.27. The number of hydrogen-bond acceptors (Lipinski definition) is 4. The van der Waals surface area contributed by atoms with Crippen molar-refractivity contribution in [3.8, 4) is 22.8 Å². The summed E-state index contributed by atoms with van der Waals surface area (Å²) in [5, 5.41) is 11.6. The number of phenols is 1. The Kier molecular flexibility index (Phi) is 4.63. The number of nitrogens with zero attached hydrogens (tertiary/aromatic N) is 2. The molecule has 5 rings (SSSR count). The SMILES string of the molecule is Cc1cc(-c2cc(O)c3c(c2)CN(C2CCCC2)CCO3)nc2cc(F)ccc12. The topological polar surface area (TPSA) is 45.6 Å². The van der Waals surface area contributed by atoms with Crippen LogP contribution in [0.15, 0.2) is 36.4 Å². The molecule has 0 bridgehead atoms. The summed E-state index contributed by atoms with van der Waals surface area (Å²) in [6.07, 6.45) is 5.05. The van der Waals surface area contributed by atoms with E-state index >= 15 is 0 Å². The number of phenolic OH excluding ortho intramolecular Hbond substituents is 1. The molecule has 0 radical (unpaired) electrons. The second-order valence-electron chi connectivity index (χ2n) is 8.23. The number of hydrogen-bond donors (Lipinski definition) is 1. The van der Waals surface area contributed by atoms with Gasteiger partial charge in [-0.2, -0.15) is 0 Å². The Morgan fingerprint density at radius 3 is 2.79 bits per heavy atom. The lowest BCUT2D eigenvalue weighted by atomic mass is 10.0. The van der Waals surface area contributed by atoms with E-state index in [0.717, 1.165) is 40.9 Å². The minimum Gasteiger partial charge on any atom is -0.504 e. The van der Waals surface area contributed by atoms with Crippen molar-refractivity contribution < 1.29 is 14.2 Å². The van der Waals surface area contributed by atoms with E-state index in [2.05, 4.69) is 16.0 Å². The summed E-state index contributed by atoms with van der Waals surface area (Å²) in [6.45, 7) is 4.23. The van der Waals surface area contributed by atoms with Gasteiger partial charge in [-0.1, -0.05) is 12.8 Å². The van der Waals surface area contributed by atoms with Gasteiger partial charge in [0.1, 0.15) is 12.4 Å². The van der Waals surface area contributed by atoms with Crippen LogP contribution in [0.5, 0.6) is 11.5 Å². The van der Waals surface area contributed by atoms with Crippen LogP contribution in [-0.4, -0.2) is 34.2 Å². The van der Waals surface area contributed by atoms with Gasteiger partial charge in [-0.15, -0.1) is 0 Å². The van der Waals surface area contributed by atoms with Gasteiger partial charge in [0.2, 0.25) is 0 Å². The van der Waals surface area contributed by atoms with Crippen LogP contribution >= 0.6 is 0 Å². The molecule has 0 saturated heterocycles. The van der Waals surface area contributed by atoms with Crippen LogP contribution in [0.4, 0.5) is 4.39 Å². The maximum Gasteiger partial charge on any atom is 0.165 e. The Hall–Kier alpha value is -2.66. The van der Waals surface area contributed by atoms with Gasteiger partial charge in [-0.05, 0) is 55.7 Å². The predicted octanol–water partition coefficient (Wildman–Crippen LogP) is 5.19. The van der Waals surface area contributed by atoms with Gasteiger partial charge in [-0.25, -0.2) is 9.37 Å². The lowest BCUT2D eigenvalue weighted by Crippen LogP contribution is -2.34. The average molecular weight is 392 g/mol. The molecule has 1 N–H and O–H groups in total. The van der Waals surface area contributed by atoms with Gasteiger partial charge in [0, 0.05) is 41.7 Å². The minimum atomic E-state index is -0.299. The fraction of sp³-hybridized carbons (Fsp3) is 0.375. The van der Waals surface area contributed by atoms with Crippen molar-refractivity contribution in [3.63, 3.8) is 0 Å². The standard InChI is InChI=1S/C24H25FN2O2/c1-15-10-21(26-22-13-18(25)6-7-20(15)22)16-11-17-14-27(19-4-2-3-5-19)8-9-29-24(17)23(28)12-16/h6-7,10-13,19,28H,2-5,8-9,14H2,1H3. The minimum absolute atomic E-state index is 0.143. The molecule has 29 heavy (non-hydrogen) atoms. The van der Waals surface area contributed by atoms with Crippen molar-refractivity contribution >= 4 is 10.9 Å². The molecule has 4 nitrogen and oxygen atoms in total. The van der Waals surface area contributed by atoms with E-state index in [1.165, 1.54) is 37.8 Å². The molecule has 3 aromatic rings. The largest absolute Gasteiger partial charge is 0.504 e. The van der Waals surface area contributed by atoms with Gasteiger partial charge in [-0.3, -0.25) is 4.90 Å². The van der Waals surface area contributed by atoms with Crippen molar-refractivity contribution in [2.24, 2.45) is 0 Å². The lowest BCUT2D eigenvalue weighted by Gasteiger charge is -2.26. The molecular weight excluding hydrogens is 367 g/mol. The molecule has 0 amide bonds. The van der Waals surface area contributed by atoms with Gasteiger partial charge in [0.05, 0.1) is 11.2 Å². The van der Waals surface area contributed by atoms with Gasteiger partial charge < -0.3 is 9.84 Å². The van der Waals surface area contributed by atoms with Crippen molar-refractivity contribution in [1.82, 2.24) is 9.88 Å². The molecule has 0 atom stereocenters. The number of aromatic nitrogens is 1. The van der Waals surface area contributed by atoms with Crippen molar-refractivity contribution in [3.05, 3.63) is 53.3 Å². The molecular formula is C24H25FN2O2. The van der Waals surface area contributed by atoms with Gasteiger partial charge >= 0.3 is 0 Å². The van der Waals surface area contributed by atoms with E-state index in [9.17, 15) is 9.50 Å². The van der Waals surface area contributed by atoms with E-state index in [0.29, 0.717) is 23.9 Å². The molecule has 5 heteroatoms. The molecule has 1 saturated carbocycles. The third-order valence-corrected chi connectivity index (χ3v) is 6.26. The zero-order valence-electron chi connectivity index (χ0n) is 16.6. The first-order valence-corrected chi connectivity index (χ1v) is 10.4. The molecule has 1 aliphatic carbocycles. The lowest BCUT2D eigenvalue weighted by molar-refractivity contribution is 0.170. The predicted molar refractivity (Wildman–Crippen MR) is 112 cm³/mol. The maximum absolute atomic E-state index is 13.7. The first kappa shape index (κ1) is 18.4. The zero-order chi connectivity index (χ0) is 20.0.